The normalized spacial score (nSPS) is 17.3. The van der Waals surface area contributed by atoms with Gasteiger partial charge in [0.15, 0.2) is 0 Å². The summed E-state index contributed by atoms with van der Waals surface area (Å²) in [5, 5.41) is 6.09. The number of likely N-dealkylation sites (N-methyl/N-ethyl adjacent to an activating group) is 1. The molecule has 0 aliphatic carbocycles. The van der Waals surface area contributed by atoms with E-state index in [2.05, 4.69) is 10.6 Å². The van der Waals surface area contributed by atoms with Crippen molar-refractivity contribution in [1.29, 1.82) is 0 Å². The fraction of sp³-hybridized carbons (Fsp3) is 0.324. The number of benzene rings is 3. The molecule has 0 saturated heterocycles. The first kappa shape index (κ1) is 28.9. The molecule has 42 heavy (non-hydrogen) atoms. The van der Waals surface area contributed by atoms with Crippen LogP contribution in [0.5, 0.6) is 11.5 Å². The van der Waals surface area contributed by atoms with Gasteiger partial charge in [-0.1, -0.05) is 50.2 Å². The Morgan fingerprint density at radius 2 is 1.67 bits per heavy atom. The van der Waals surface area contributed by atoms with Crippen LogP contribution in [0.15, 0.2) is 84.1 Å². The van der Waals surface area contributed by atoms with E-state index >= 15 is 0 Å². The number of anilines is 1. The Morgan fingerprint density at radius 3 is 2.33 bits per heavy atom. The van der Waals surface area contributed by atoms with Crippen LogP contribution in [0, 0.1) is 19.8 Å². The van der Waals surface area contributed by atoms with Gasteiger partial charge in [0.25, 0.3) is 5.91 Å². The second kappa shape index (κ2) is 12.1. The van der Waals surface area contributed by atoms with E-state index in [1.807, 2.05) is 107 Å². The molecule has 2 aliphatic heterocycles. The molecule has 2 heterocycles. The number of urea groups is 1. The van der Waals surface area contributed by atoms with Crippen LogP contribution in [0.25, 0.3) is 0 Å². The molecular formula is C34H38N4O4. The van der Waals surface area contributed by atoms with Gasteiger partial charge in [-0.3, -0.25) is 14.5 Å². The first-order valence-electron chi connectivity index (χ1n) is 14.5. The summed E-state index contributed by atoms with van der Waals surface area (Å²) in [6, 6.07) is 21.1. The fourth-order valence-electron chi connectivity index (χ4n) is 5.83. The van der Waals surface area contributed by atoms with Crippen LogP contribution in [0.1, 0.15) is 49.9 Å². The Bertz CT molecular complexity index is 1510. The van der Waals surface area contributed by atoms with Crippen LogP contribution < -0.4 is 15.4 Å². The van der Waals surface area contributed by atoms with Gasteiger partial charge in [-0.05, 0) is 86.2 Å². The molecule has 0 unspecified atom stereocenters. The number of para-hydroxylation sites is 1. The summed E-state index contributed by atoms with van der Waals surface area (Å²) in [6.07, 6.45) is 0.488. The molecule has 0 bridgehead atoms. The highest BCUT2D eigenvalue weighted by Crippen LogP contribution is 2.39. The third kappa shape index (κ3) is 6.03. The SMILES string of the molecule is CCN1C(=O)N[C@@H](c2cccc(Oc3ccccc3)c2)C2=C1CN([C@@H](CC(C)C)C(=O)Nc1cc(C)cc(C)c1)C2=O. The molecule has 3 aromatic carbocycles. The second-order valence-electron chi connectivity index (χ2n) is 11.4. The number of carbonyl (C=O) groups excluding carboxylic acids is 3. The third-order valence-electron chi connectivity index (χ3n) is 7.60. The summed E-state index contributed by atoms with van der Waals surface area (Å²) in [7, 11) is 0. The Labute approximate surface area is 247 Å². The van der Waals surface area contributed by atoms with Crippen LogP contribution in [0.2, 0.25) is 0 Å². The molecular weight excluding hydrogens is 528 g/mol. The van der Waals surface area contributed by atoms with Crippen LogP contribution >= 0.6 is 0 Å². The number of hydrogen-bond acceptors (Lipinski definition) is 4. The monoisotopic (exact) mass is 566 g/mol. The van der Waals surface area contributed by atoms with Crippen LogP contribution in [-0.4, -0.2) is 46.8 Å². The summed E-state index contributed by atoms with van der Waals surface area (Å²) in [6.45, 7) is 10.5. The van der Waals surface area contributed by atoms with E-state index in [1.165, 1.54) is 0 Å². The third-order valence-corrected chi connectivity index (χ3v) is 7.60. The van der Waals surface area contributed by atoms with Crippen molar-refractivity contribution in [3.05, 3.63) is 101 Å². The number of carbonyl (C=O) groups is 3. The molecule has 8 nitrogen and oxygen atoms in total. The van der Waals surface area contributed by atoms with Crippen molar-refractivity contribution in [2.24, 2.45) is 5.92 Å². The smallest absolute Gasteiger partial charge is 0.322 e. The van der Waals surface area contributed by atoms with E-state index in [1.54, 1.807) is 9.80 Å². The predicted octanol–water partition coefficient (Wildman–Crippen LogP) is 6.33. The molecule has 2 aliphatic rings. The molecule has 2 atom stereocenters. The van der Waals surface area contributed by atoms with Crippen molar-refractivity contribution in [2.45, 2.75) is 53.1 Å². The van der Waals surface area contributed by atoms with E-state index < -0.39 is 12.1 Å². The van der Waals surface area contributed by atoms with E-state index in [9.17, 15) is 14.4 Å². The zero-order valence-corrected chi connectivity index (χ0v) is 24.8. The molecule has 218 valence electrons. The van der Waals surface area contributed by atoms with Gasteiger partial charge in [0.2, 0.25) is 5.91 Å². The van der Waals surface area contributed by atoms with Crippen molar-refractivity contribution < 1.29 is 19.1 Å². The van der Waals surface area contributed by atoms with Crippen molar-refractivity contribution in [2.75, 3.05) is 18.4 Å². The standard InChI is InChI=1S/C34H38N4O4/c1-6-37-29-20-38(28(15-21(2)3)32(39)35-25-17-22(4)16-23(5)18-25)33(40)30(29)31(36-34(37)41)24-11-10-14-27(19-24)42-26-12-8-7-9-13-26/h7-14,16-19,21,28,31H,6,15,20H2,1-5H3,(H,35,39)(H,36,41)/t28-,31-/m0/s1. The molecule has 5 rings (SSSR count). The summed E-state index contributed by atoms with van der Waals surface area (Å²) in [5.41, 5.74) is 4.65. The number of rotatable bonds is 9. The Hall–Kier alpha value is -4.59. The quantitative estimate of drug-likeness (QED) is 0.317. The van der Waals surface area contributed by atoms with Gasteiger partial charge in [0.1, 0.15) is 17.5 Å². The van der Waals surface area contributed by atoms with Crippen LogP contribution in [0.3, 0.4) is 0 Å². The van der Waals surface area contributed by atoms with Crippen molar-refractivity contribution in [3.8, 4) is 11.5 Å². The predicted molar refractivity (Wildman–Crippen MR) is 163 cm³/mol. The molecule has 2 N–H and O–H groups in total. The molecule has 0 radical (unpaired) electrons. The molecule has 0 spiro atoms. The molecule has 0 saturated carbocycles. The minimum Gasteiger partial charge on any atom is -0.457 e. The lowest BCUT2D eigenvalue weighted by Gasteiger charge is -2.33. The first-order valence-corrected chi connectivity index (χ1v) is 14.5. The van der Waals surface area contributed by atoms with E-state index in [4.69, 9.17) is 4.74 Å². The highest BCUT2D eigenvalue weighted by atomic mass is 16.5. The highest BCUT2D eigenvalue weighted by Gasteiger charge is 2.47. The summed E-state index contributed by atoms with van der Waals surface area (Å²) in [4.78, 5) is 44.5. The van der Waals surface area contributed by atoms with Gasteiger partial charge < -0.3 is 20.3 Å². The lowest BCUT2D eigenvalue weighted by Crippen LogP contribution is -2.47. The largest absolute Gasteiger partial charge is 0.457 e. The van der Waals surface area contributed by atoms with Crippen LogP contribution in [0.4, 0.5) is 10.5 Å². The number of aryl methyl sites for hydroxylation is 2. The zero-order valence-electron chi connectivity index (χ0n) is 24.8. The highest BCUT2D eigenvalue weighted by molar-refractivity contribution is 6.05. The van der Waals surface area contributed by atoms with Gasteiger partial charge in [0.05, 0.1) is 23.9 Å². The van der Waals surface area contributed by atoms with Crippen molar-refractivity contribution in [1.82, 2.24) is 15.1 Å². The number of ether oxygens (including phenoxy) is 1. The second-order valence-corrected chi connectivity index (χ2v) is 11.4. The average Bonchev–Trinajstić information content (AvgIpc) is 3.27. The lowest BCUT2D eigenvalue weighted by molar-refractivity contribution is -0.134. The maximum Gasteiger partial charge on any atom is 0.322 e. The van der Waals surface area contributed by atoms with Crippen molar-refractivity contribution >= 4 is 23.5 Å². The van der Waals surface area contributed by atoms with Gasteiger partial charge in [0, 0.05) is 12.2 Å². The topological polar surface area (TPSA) is 91.0 Å². The maximum atomic E-state index is 14.2. The van der Waals surface area contributed by atoms with Gasteiger partial charge in [-0.25, -0.2) is 4.79 Å². The lowest BCUT2D eigenvalue weighted by atomic mass is 9.95. The zero-order chi connectivity index (χ0) is 30.0. The molecule has 0 fully saturated rings. The number of nitrogens with zero attached hydrogens (tertiary/aromatic N) is 2. The average molecular weight is 567 g/mol. The van der Waals surface area contributed by atoms with Crippen LogP contribution in [-0.2, 0) is 9.59 Å². The summed E-state index contributed by atoms with van der Waals surface area (Å²) >= 11 is 0. The molecule has 3 aromatic rings. The van der Waals surface area contributed by atoms with E-state index in [0.29, 0.717) is 41.4 Å². The number of nitrogens with one attached hydrogen (secondary N) is 2. The Kier molecular flexibility index (Phi) is 8.34. The summed E-state index contributed by atoms with van der Waals surface area (Å²) < 4.78 is 6.04. The minimum atomic E-state index is -0.703. The fourth-order valence-corrected chi connectivity index (χ4v) is 5.83. The van der Waals surface area contributed by atoms with Crippen molar-refractivity contribution in [3.63, 3.8) is 0 Å². The Balaban J connectivity index is 1.47. The molecule has 4 amide bonds. The number of amides is 4. The summed E-state index contributed by atoms with van der Waals surface area (Å²) in [5.74, 6) is 0.966. The van der Waals surface area contributed by atoms with Gasteiger partial charge >= 0.3 is 6.03 Å². The maximum absolute atomic E-state index is 14.2. The van der Waals surface area contributed by atoms with Gasteiger partial charge in [-0.15, -0.1) is 0 Å². The molecule has 0 aromatic heterocycles. The first-order chi connectivity index (χ1) is 20.1. The van der Waals surface area contributed by atoms with E-state index in [-0.39, 0.29) is 30.3 Å². The molecule has 8 heteroatoms. The Morgan fingerprint density at radius 1 is 0.976 bits per heavy atom. The number of hydrogen-bond donors (Lipinski definition) is 2. The minimum absolute atomic E-state index is 0.162. The van der Waals surface area contributed by atoms with E-state index in [0.717, 1.165) is 16.7 Å². The van der Waals surface area contributed by atoms with Gasteiger partial charge in [-0.2, -0.15) is 0 Å².